The summed E-state index contributed by atoms with van der Waals surface area (Å²) in [4.78, 5) is 18.3. The van der Waals surface area contributed by atoms with Gasteiger partial charge in [-0.15, -0.1) is 4.90 Å². The number of nitrogens with one attached hydrogen (secondary N) is 1. The highest BCUT2D eigenvalue weighted by Crippen LogP contribution is 2.37. The highest BCUT2D eigenvalue weighted by Gasteiger charge is 2.37. The third-order valence-corrected chi connectivity index (χ3v) is 7.55. The summed E-state index contributed by atoms with van der Waals surface area (Å²) >= 11 is 0. The molecule has 0 saturated heterocycles. The Kier molecular flexibility index (Phi) is 8.31. The molecule has 1 aliphatic carbocycles. The number of carbonyl (C=O) groups excluding carboxylic acids is 1. The number of rotatable bonds is 11. The average molecular weight is 537 g/mol. The summed E-state index contributed by atoms with van der Waals surface area (Å²) in [6.07, 6.45) is 8.06. The molecule has 5 nitrogen and oxygen atoms in total. The van der Waals surface area contributed by atoms with Crippen LogP contribution in [0.4, 0.5) is 20.4 Å². The fourth-order valence-corrected chi connectivity index (χ4v) is 5.04. The Morgan fingerprint density at radius 2 is 1.97 bits per heavy atom. The van der Waals surface area contributed by atoms with Crippen LogP contribution in [0.2, 0.25) is 0 Å². The van der Waals surface area contributed by atoms with E-state index in [4.69, 9.17) is 4.98 Å². The molecular formula is C30H32F2N3O2S-. The molecule has 200 valence electrons. The maximum atomic E-state index is 14.5. The van der Waals surface area contributed by atoms with Crippen molar-refractivity contribution in [2.45, 2.75) is 56.9 Å². The van der Waals surface area contributed by atoms with Crippen molar-refractivity contribution in [1.82, 2.24) is 9.55 Å². The standard InChI is InChI=1S/C30H32F2N3O2S/c1-5-6-9-20(2)28(36)21-12-17-27-26(18-21)34-29(33-23-13-15-24(16-14-23)38(4)37)35(27)19-22-10-7-8-11-25(22)30(3,31)32/h7-8,10,12-18,25H,2,4-6,9,11,19H2,1,3H3,(H,33,34)/q-1. The molecule has 0 fully saturated rings. The van der Waals surface area contributed by atoms with E-state index in [1.165, 1.54) is 0 Å². The molecule has 1 unspecified atom stereocenters. The second kappa shape index (κ2) is 11.5. The Balaban J connectivity index is 1.75. The third-order valence-electron chi connectivity index (χ3n) is 6.76. The molecule has 1 aromatic heterocycles. The van der Waals surface area contributed by atoms with Crippen molar-refractivity contribution in [2.75, 3.05) is 5.32 Å². The van der Waals surface area contributed by atoms with Crippen LogP contribution in [-0.4, -0.2) is 27.1 Å². The highest BCUT2D eigenvalue weighted by atomic mass is 32.2. The maximum Gasteiger partial charge on any atom is 0.252 e. The molecular weight excluding hydrogens is 504 g/mol. The predicted octanol–water partition coefficient (Wildman–Crippen LogP) is 7.62. The Hall–Kier alpha value is -3.52. The summed E-state index contributed by atoms with van der Waals surface area (Å²) < 4.78 is 42.5. The van der Waals surface area contributed by atoms with Crippen LogP contribution in [0.1, 0.15) is 49.9 Å². The van der Waals surface area contributed by atoms with Crippen LogP contribution in [0, 0.1) is 5.92 Å². The number of halogens is 2. The Bertz CT molecular complexity index is 1480. The monoisotopic (exact) mass is 536 g/mol. The summed E-state index contributed by atoms with van der Waals surface area (Å²) in [5, 5.41) is 3.27. The first kappa shape index (κ1) is 27.5. The first-order chi connectivity index (χ1) is 18.1. The molecule has 0 amide bonds. The Morgan fingerprint density at radius 1 is 1.24 bits per heavy atom. The van der Waals surface area contributed by atoms with Gasteiger partial charge in [0.1, 0.15) is 0 Å². The number of allylic oxidation sites excluding steroid dienone is 5. The molecule has 0 spiro atoms. The van der Waals surface area contributed by atoms with Crippen molar-refractivity contribution in [3.05, 3.63) is 84.0 Å². The van der Waals surface area contributed by atoms with Crippen LogP contribution in [0.25, 0.3) is 11.0 Å². The van der Waals surface area contributed by atoms with Crippen LogP contribution >= 0.6 is 0 Å². The molecule has 0 radical (unpaired) electrons. The lowest BCUT2D eigenvalue weighted by atomic mass is 9.86. The Morgan fingerprint density at radius 3 is 2.63 bits per heavy atom. The summed E-state index contributed by atoms with van der Waals surface area (Å²) in [5.41, 5.74) is 3.62. The van der Waals surface area contributed by atoms with Gasteiger partial charge in [-0.2, -0.15) is 5.87 Å². The predicted molar refractivity (Wildman–Crippen MR) is 152 cm³/mol. The van der Waals surface area contributed by atoms with E-state index in [1.54, 1.807) is 60.7 Å². The van der Waals surface area contributed by atoms with Gasteiger partial charge in [-0.25, -0.2) is 13.8 Å². The normalized spacial score (nSPS) is 15.6. The van der Waals surface area contributed by atoms with Crippen LogP contribution in [0.5, 0.6) is 0 Å². The van der Waals surface area contributed by atoms with Gasteiger partial charge < -0.3 is 14.1 Å². The van der Waals surface area contributed by atoms with Crippen LogP contribution in [0.15, 0.2) is 83.3 Å². The van der Waals surface area contributed by atoms with Crippen LogP contribution in [0.3, 0.4) is 0 Å². The second-order valence-electron chi connectivity index (χ2n) is 9.67. The highest BCUT2D eigenvalue weighted by molar-refractivity contribution is 7.82. The zero-order valence-corrected chi connectivity index (χ0v) is 22.5. The van der Waals surface area contributed by atoms with Gasteiger partial charge >= 0.3 is 0 Å². The van der Waals surface area contributed by atoms with Crippen LogP contribution < -0.4 is 5.32 Å². The second-order valence-corrected chi connectivity index (χ2v) is 10.8. The van der Waals surface area contributed by atoms with Gasteiger partial charge in [0.25, 0.3) is 5.92 Å². The van der Waals surface area contributed by atoms with Crippen molar-refractivity contribution in [1.29, 1.82) is 0 Å². The van der Waals surface area contributed by atoms with Gasteiger partial charge in [0.15, 0.2) is 5.78 Å². The lowest BCUT2D eigenvalue weighted by Crippen LogP contribution is -2.28. The first-order valence-electron chi connectivity index (χ1n) is 12.6. The molecule has 4 rings (SSSR count). The molecule has 38 heavy (non-hydrogen) atoms. The number of nitrogens with zero attached hydrogens (tertiary/aromatic N) is 2. The molecule has 1 N–H and O–H groups in total. The topological polar surface area (TPSA) is 64.0 Å². The first-order valence-corrected chi connectivity index (χ1v) is 13.9. The van der Waals surface area contributed by atoms with E-state index in [-0.39, 0.29) is 18.7 Å². The van der Waals surface area contributed by atoms with E-state index in [2.05, 4.69) is 24.7 Å². The summed E-state index contributed by atoms with van der Waals surface area (Å²) in [5.74, 6) is 0.0684. The SMILES string of the molecule is C=C(CCCC)C(=O)c1ccc2c(c1)nc(Nc1ccc([S-](=C)=O)cc1)n2CC1=CC=CCC1C(C)(F)F. The van der Waals surface area contributed by atoms with Crippen molar-refractivity contribution in [3.63, 3.8) is 0 Å². The van der Waals surface area contributed by atoms with E-state index in [1.807, 2.05) is 4.57 Å². The number of hydrogen-bond donors (Lipinski definition) is 1. The van der Waals surface area contributed by atoms with E-state index < -0.39 is 22.2 Å². The van der Waals surface area contributed by atoms with Gasteiger partial charge in [0.05, 0.1) is 11.0 Å². The minimum Gasteiger partial charge on any atom is -0.457 e. The lowest BCUT2D eigenvalue weighted by molar-refractivity contribution is -0.0258. The van der Waals surface area contributed by atoms with Gasteiger partial charge in [0.2, 0.25) is 5.95 Å². The van der Waals surface area contributed by atoms with Crippen LogP contribution in [-0.2, 0) is 21.1 Å². The summed E-state index contributed by atoms with van der Waals surface area (Å²) in [7, 11) is -1.35. The summed E-state index contributed by atoms with van der Waals surface area (Å²) in [6.45, 7) is 7.17. The van der Waals surface area contributed by atoms with Crippen molar-refractivity contribution in [3.8, 4) is 0 Å². The number of anilines is 2. The van der Waals surface area contributed by atoms with Gasteiger partial charge in [-0.3, -0.25) is 15.2 Å². The molecule has 0 aliphatic heterocycles. The molecule has 1 aliphatic rings. The number of alkyl halides is 2. The average Bonchev–Trinajstić information content (AvgIpc) is 3.22. The van der Waals surface area contributed by atoms with E-state index in [0.717, 1.165) is 19.8 Å². The minimum absolute atomic E-state index is 0.119. The number of fused-ring (bicyclic) bond motifs is 1. The molecule has 1 atom stereocenters. The zero-order valence-electron chi connectivity index (χ0n) is 21.7. The number of ketones is 1. The van der Waals surface area contributed by atoms with Crippen molar-refractivity contribution >= 4 is 44.7 Å². The zero-order chi connectivity index (χ0) is 27.4. The quantitative estimate of drug-likeness (QED) is 0.118. The number of unbranched alkanes of at least 4 members (excludes halogenated alkanes) is 1. The van der Waals surface area contributed by atoms with E-state index in [0.29, 0.717) is 50.7 Å². The van der Waals surface area contributed by atoms with Gasteiger partial charge in [-0.1, -0.05) is 50.3 Å². The maximum absolute atomic E-state index is 14.5. The Labute approximate surface area is 224 Å². The smallest absolute Gasteiger partial charge is 0.252 e. The molecule has 0 bridgehead atoms. The van der Waals surface area contributed by atoms with Crippen molar-refractivity contribution < 1.29 is 17.8 Å². The van der Waals surface area contributed by atoms with Crippen molar-refractivity contribution in [2.24, 2.45) is 5.92 Å². The number of carbonyl (C=O) groups is 1. The number of hydrogen-bond acceptors (Lipinski definition) is 5. The molecule has 3 aromatic rings. The fourth-order valence-electron chi connectivity index (χ4n) is 4.61. The molecule has 8 heteroatoms. The lowest BCUT2D eigenvalue weighted by Gasteiger charge is -2.28. The fraction of sp³-hybridized carbons (Fsp3) is 0.300. The summed E-state index contributed by atoms with van der Waals surface area (Å²) in [6, 6.07) is 12.2. The molecule has 1 heterocycles. The minimum atomic E-state index is -2.88. The van der Waals surface area contributed by atoms with E-state index >= 15 is 0 Å². The number of imidazole rings is 1. The molecule has 2 aromatic carbocycles. The molecule has 0 saturated carbocycles. The van der Waals surface area contributed by atoms with Gasteiger partial charge in [0, 0.05) is 23.7 Å². The number of aromatic nitrogens is 2. The third kappa shape index (κ3) is 6.13. The van der Waals surface area contributed by atoms with E-state index in [9.17, 15) is 17.8 Å². The number of benzene rings is 2. The van der Waals surface area contributed by atoms with Gasteiger partial charge in [-0.05, 0) is 67.7 Å². The largest absolute Gasteiger partial charge is 0.457 e. The number of Topliss-reactive ketones (excluding diaryl/α,β-unsaturated/α-hetero) is 1.